The molecule has 2 aromatic carbocycles. The van der Waals surface area contributed by atoms with Crippen molar-refractivity contribution in [3.8, 4) is 17.2 Å². The number of aromatic nitrogens is 3. The molecule has 4 aromatic rings. The largest absolute Gasteiger partial charge is 0.487 e. The van der Waals surface area contributed by atoms with E-state index in [0.717, 1.165) is 33.9 Å². The Balaban J connectivity index is 1.32. The fraction of sp³-hybridized carbons (Fsp3) is 0.192. The molecule has 0 atom stereocenters. The third kappa shape index (κ3) is 5.98. The third-order valence-electron chi connectivity index (χ3n) is 4.91. The van der Waals surface area contributed by atoms with Crippen LogP contribution in [-0.2, 0) is 22.7 Å². The Bertz CT molecular complexity index is 1220. The Hall–Kier alpha value is -4.13. The number of hydrogen-bond donors (Lipinski definition) is 0. The highest BCUT2D eigenvalue weighted by Gasteiger charge is 2.12. The number of aryl methyl sites for hydroxylation is 1. The van der Waals surface area contributed by atoms with Gasteiger partial charge in [-0.1, -0.05) is 30.3 Å². The molecule has 33 heavy (non-hydrogen) atoms. The SMILES string of the molecule is CCOC(=O)/C=C/c1cnn(Cc2ccc(OCc3nc(-c4ccccc4)oc3C)cc2)c1. The normalized spacial score (nSPS) is 11.1. The summed E-state index contributed by atoms with van der Waals surface area (Å²) < 4.78 is 18.4. The summed E-state index contributed by atoms with van der Waals surface area (Å²) in [4.78, 5) is 16.0. The van der Waals surface area contributed by atoms with Gasteiger partial charge in [-0.25, -0.2) is 9.78 Å². The molecule has 0 saturated carbocycles. The first kappa shape index (κ1) is 22.1. The highest BCUT2D eigenvalue weighted by Crippen LogP contribution is 2.23. The summed E-state index contributed by atoms with van der Waals surface area (Å²) in [6.45, 7) is 4.96. The first-order valence-electron chi connectivity index (χ1n) is 10.7. The van der Waals surface area contributed by atoms with Crippen molar-refractivity contribution >= 4 is 12.0 Å². The number of esters is 1. The molecule has 0 aliphatic carbocycles. The Morgan fingerprint density at radius 1 is 1.12 bits per heavy atom. The van der Waals surface area contributed by atoms with Gasteiger partial charge in [0, 0.05) is 23.4 Å². The van der Waals surface area contributed by atoms with E-state index in [1.807, 2.05) is 72.4 Å². The monoisotopic (exact) mass is 443 g/mol. The Morgan fingerprint density at radius 2 is 1.91 bits per heavy atom. The number of ether oxygens (including phenoxy) is 2. The molecular weight excluding hydrogens is 418 g/mol. The number of benzene rings is 2. The van der Waals surface area contributed by atoms with Gasteiger partial charge >= 0.3 is 5.97 Å². The van der Waals surface area contributed by atoms with Gasteiger partial charge in [0.1, 0.15) is 23.8 Å². The zero-order chi connectivity index (χ0) is 23.0. The van der Waals surface area contributed by atoms with Crippen molar-refractivity contribution in [2.24, 2.45) is 0 Å². The van der Waals surface area contributed by atoms with Gasteiger partial charge in [0.15, 0.2) is 0 Å². The van der Waals surface area contributed by atoms with Crippen molar-refractivity contribution < 1.29 is 18.7 Å². The lowest BCUT2D eigenvalue weighted by atomic mass is 10.2. The van der Waals surface area contributed by atoms with Crippen LogP contribution >= 0.6 is 0 Å². The van der Waals surface area contributed by atoms with Crippen LogP contribution in [0.4, 0.5) is 0 Å². The molecule has 0 unspecified atom stereocenters. The van der Waals surface area contributed by atoms with Crippen molar-refractivity contribution in [1.82, 2.24) is 14.8 Å². The second-order valence-corrected chi connectivity index (χ2v) is 7.38. The maximum atomic E-state index is 11.4. The van der Waals surface area contributed by atoms with E-state index < -0.39 is 0 Å². The molecule has 168 valence electrons. The lowest BCUT2D eigenvalue weighted by Crippen LogP contribution is -2.01. The molecule has 2 aromatic heterocycles. The van der Waals surface area contributed by atoms with Crippen molar-refractivity contribution in [3.63, 3.8) is 0 Å². The molecule has 2 heterocycles. The fourth-order valence-electron chi connectivity index (χ4n) is 3.20. The second-order valence-electron chi connectivity index (χ2n) is 7.38. The minimum absolute atomic E-state index is 0.330. The highest BCUT2D eigenvalue weighted by molar-refractivity contribution is 5.86. The van der Waals surface area contributed by atoms with Crippen LogP contribution in [0.25, 0.3) is 17.5 Å². The van der Waals surface area contributed by atoms with Crippen molar-refractivity contribution in [2.75, 3.05) is 6.61 Å². The second kappa shape index (κ2) is 10.5. The topological polar surface area (TPSA) is 79.4 Å². The van der Waals surface area contributed by atoms with E-state index >= 15 is 0 Å². The highest BCUT2D eigenvalue weighted by atomic mass is 16.5. The van der Waals surface area contributed by atoms with Gasteiger partial charge in [-0.3, -0.25) is 4.68 Å². The summed E-state index contributed by atoms with van der Waals surface area (Å²) >= 11 is 0. The molecule has 0 N–H and O–H groups in total. The molecule has 0 saturated heterocycles. The maximum Gasteiger partial charge on any atom is 0.330 e. The van der Waals surface area contributed by atoms with Gasteiger partial charge in [-0.2, -0.15) is 5.10 Å². The molecule has 0 spiro atoms. The van der Waals surface area contributed by atoms with Gasteiger partial charge in [0.25, 0.3) is 0 Å². The van der Waals surface area contributed by atoms with E-state index in [9.17, 15) is 4.79 Å². The minimum Gasteiger partial charge on any atom is -0.487 e. The first-order chi connectivity index (χ1) is 16.1. The molecule has 0 fully saturated rings. The van der Waals surface area contributed by atoms with Gasteiger partial charge < -0.3 is 13.9 Å². The quantitative estimate of drug-likeness (QED) is 0.266. The Kier molecular flexibility index (Phi) is 6.99. The van der Waals surface area contributed by atoms with E-state index in [0.29, 0.717) is 25.6 Å². The molecule has 0 bridgehead atoms. The number of oxazole rings is 1. The number of carbonyl (C=O) groups excluding carboxylic acids is 1. The van der Waals surface area contributed by atoms with Gasteiger partial charge in [0.05, 0.1) is 19.3 Å². The van der Waals surface area contributed by atoms with Gasteiger partial charge in [-0.15, -0.1) is 0 Å². The molecular formula is C26H25N3O4. The number of nitrogens with zero attached hydrogens (tertiary/aromatic N) is 3. The van der Waals surface area contributed by atoms with Crippen molar-refractivity contribution in [1.29, 1.82) is 0 Å². The molecule has 0 amide bonds. The van der Waals surface area contributed by atoms with E-state index in [-0.39, 0.29) is 5.97 Å². The average molecular weight is 444 g/mol. The summed E-state index contributed by atoms with van der Waals surface area (Å²) in [5.74, 6) is 1.73. The van der Waals surface area contributed by atoms with Crippen LogP contribution in [0.15, 0.2) is 77.5 Å². The number of carbonyl (C=O) groups is 1. The van der Waals surface area contributed by atoms with E-state index in [4.69, 9.17) is 13.9 Å². The standard InChI is InChI=1S/C26H25N3O4/c1-3-31-25(30)14-11-21-15-27-29(17-21)16-20-9-12-23(13-10-20)32-18-24-19(2)33-26(28-24)22-7-5-4-6-8-22/h4-15,17H,3,16,18H2,1-2H3/b14-11+. The number of rotatable bonds is 9. The Labute approximate surface area is 192 Å². The molecule has 0 aliphatic rings. The zero-order valence-corrected chi connectivity index (χ0v) is 18.6. The summed E-state index contributed by atoms with van der Waals surface area (Å²) in [5, 5.41) is 4.33. The summed E-state index contributed by atoms with van der Waals surface area (Å²) in [5.41, 5.74) is 3.63. The van der Waals surface area contributed by atoms with E-state index in [1.165, 1.54) is 6.08 Å². The van der Waals surface area contributed by atoms with Crippen molar-refractivity contribution in [3.05, 3.63) is 95.6 Å². The average Bonchev–Trinajstić information content (AvgIpc) is 3.44. The van der Waals surface area contributed by atoms with Crippen LogP contribution in [0.2, 0.25) is 0 Å². The van der Waals surface area contributed by atoms with Gasteiger partial charge in [-0.05, 0) is 49.8 Å². The summed E-state index contributed by atoms with van der Waals surface area (Å²) in [6.07, 6.45) is 6.67. The molecule has 0 radical (unpaired) electrons. The van der Waals surface area contributed by atoms with Crippen LogP contribution < -0.4 is 4.74 Å². The first-order valence-corrected chi connectivity index (χ1v) is 10.7. The van der Waals surface area contributed by atoms with Crippen molar-refractivity contribution in [2.45, 2.75) is 27.0 Å². The van der Waals surface area contributed by atoms with Crippen LogP contribution in [0, 0.1) is 6.92 Å². The van der Waals surface area contributed by atoms with Gasteiger partial charge in [0.2, 0.25) is 5.89 Å². The van der Waals surface area contributed by atoms with E-state index in [1.54, 1.807) is 19.2 Å². The van der Waals surface area contributed by atoms with Crippen LogP contribution in [-0.4, -0.2) is 27.3 Å². The fourth-order valence-corrected chi connectivity index (χ4v) is 3.20. The maximum absolute atomic E-state index is 11.4. The lowest BCUT2D eigenvalue weighted by Gasteiger charge is -2.06. The molecule has 4 rings (SSSR count). The van der Waals surface area contributed by atoms with Crippen LogP contribution in [0.1, 0.15) is 29.5 Å². The van der Waals surface area contributed by atoms with Crippen LogP contribution in [0.5, 0.6) is 5.75 Å². The molecule has 7 nitrogen and oxygen atoms in total. The number of hydrogen-bond acceptors (Lipinski definition) is 6. The van der Waals surface area contributed by atoms with Crippen LogP contribution in [0.3, 0.4) is 0 Å². The predicted molar refractivity (Wildman–Crippen MR) is 124 cm³/mol. The summed E-state index contributed by atoms with van der Waals surface area (Å²) in [7, 11) is 0. The molecule has 0 aliphatic heterocycles. The zero-order valence-electron chi connectivity index (χ0n) is 18.6. The lowest BCUT2D eigenvalue weighted by molar-refractivity contribution is -0.137. The Morgan fingerprint density at radius 3 is 2.67 bits per heavy atom. The summed E-state index contributed by atoms with van der Waals surface area (Å²) in [6, 6.07) is 17.6. The smallest absolute Gasteiger partial charge is 0.330 e. The predicted octanol–water partition coefficient (Wildman–Crippen LogP) is 5.05. The van der Waals surface area contributed by atoms with E-state index in [2.05, 4.69) is 10.1 Å². The molecule has 7 heteroatoms. The minimum atomic E-state index is -0.363. The third-order valence-corrected chi connectivity index (χ3v) is 4.91.